The van der Waals surface area contributed by atoms with Crippen LogP contribution in [0.5, 0.6) is 0 Å². The van der Waals surface area contributed by atoms with Crippen molar-refractivity contribution in [2.75, 3.05) is 0 Å². The standard InChI is InChI=1S/C15H14S2/c1-3-11-4-6-12(7-5-11)13-9-15-14(17-13)8-10(2)16-15/h4-9H,3H2,1-2H3. The van der Waals surface area contributed by atoms with Crippen molar-refractivity contribution in [3.8, 4) is 10.4 Å². The van der Waals surface area contributed by atoms with E-state index in [-0.39, 0.29) is 0 Å². The Morgan fingerprint density at radius 1 is 0.941 bits per heavy atom. The molecule has 0 saturated heterocycles. The highest BCUT2D eigenvalue weighted by atomic mass is 32.1. The van der Waals surface area contributed by atoms with E-state index in [0.717, 1.165) is 6.42 Å². The Labute approximate surface area is 110 Å². The first-order valence-electron chi connectivity index (χ1n) is 5.85. The number of benzene rings is 1. The quantitative estimate of drug-likeness (QED) is 0.569. The molecule has 0 unspecified atom stereocenters. The topological polar surface area (TPSA) is 0 Å². The van der Waals surface area contributed by atoms with Gasteiger partial charge in [-0.2, -0.15) is 0 Å². The van der Waals surface area contributed by atoms with Gasteiger partial charge in [0.15, 0.2) is 0 Å². The van der Waals surface area contributed by atoms with E-state index in [1.165, 1.54) is 30.3 Å². The van der Waals surface area contributed by atoms with Crippen LogP contribution < -0.4 is 0 Å². The molecule has 3 rings (SSSR count). The lowest BCUT2D eigenvalue weighted by Gasteiger charge is -1.99. The molecule has 0 atom stereocenters. The number of hydrogen-bond donors (Lipinski definition) is 0. The van der Waals surface area contributed by atoms with Crippen molar-refractivity contribution in [3.05, 3.63) is 46.8 Å². The smallest absolute Gasteiger partial charge is 0.0459 e. The Kier molecular flexibility index (Phi) is 2.77. The Morgan fingerprint density at radius 3 is 2.29 bits per heavy atom. The summed E-state index contributed by atoms with van der Waals surface area (Å²) in [6.45, 7) is 4.37. The van der Waals surface area contributed by atoms with Crippen molar-refractivity contribution in [2.24, 2.45) is 0 Å². The summed E-state index contributed by atoms with van der Waals surface area (Å²) >= 11 is 3.78. The fourth-order valence-electron chi connectivity index (χ4n) is 2.00. The summed E-state index contributed by atoms with van der Waals surface area (Å²) in [5.41, 5.74) is 2.75. The molecule has 17 heavy (non-hydrogen) atoms. The lowest BCUT2D eigenvalue weighted by atomic mass is 10.1. The van der Waals surface area contributed by atoms with Crippen LogP contribution in [-0.2, 0) is 6.42 Å². The van der Waals surface area contributed by atoms with Gasteiger partial charge in [0.25, 0.3) is 0 Å². The number of aryl methyl sites for hydroxylation is 2. The van der Waals surface area contributed by atoms with Crippen LogP contribution in [0.1, 0.15) is 17.4 Å². The maximum atomic E-state index is 2.32. The zero-order valence-electron chi connectivity index (χ0n) is 9.99. The summed E-state index contributed by atoms with van der Waals surface area (Å²) < 4.78 is 2.84. The monoisotopic (exact) mass is 258 g/mol. The first-order valence-corrected chi connectivity index (χ1v) is 7.49. The molecule has 86 valence electrons. The van der Waals surface area contributed by atoms with Crippen molar-refractivity contribution < 1.29 is 0 Å². The third-order valence-electron chi connectivity index (χ3n) is 2.98. The van der Waals surface area contributed by atoms with Gasteiger partial charge in [0.05, 0.1) is 0 Å². The minimum atomic E-state index is 1.11. The number of fused-ring (bicyclic) bond motifs is 1. The Bertz CT molecular complexity index is 610. The van der Waals surface area contributed by atoms with Gasteiger partial charge in [-0.05, 0) is 36.6 Å². The molecule has 0 spiro atoms. The van der Waals surface area contributed by atoms with Crippen LogP contribution in [0.3, 0.4) is 0 Å². The van der Waals surface area contributed by atoms with Crippen LogP contribution >= 0.6 is 22.7 Å². The third kappa shape index (κ3) is 2.03. The van der Waals surface area contributed by atoms with Gasteiger partial charge >= 0.3 is 0 Å². The van der Waals surface area contributed by atoms with Gasteiger partial charge in [-0.25, -0.2) is 0 Å². The van der Waals surface area contributed by atoms with Crippen LogP contribution in [-0.4, -0.2) is 0 Å². The van der Waals surface area contributed by atoms with Gasteiger partial charge in [-0.1, -0.05) is 31.2 Å². The molecule has 0 aliphatic rings. The molecule has 0 bridgehead atoms. The molecule has 0 fully saturated rings. The van der Waals surface area contributed by atoms with Crippen molar-refractivity contribution in [3.63, 3.8) is 0 Å². The van der Waals surface area contributed by atoms with Crippen LogP contribution in [0.15, 0.2) is 36.4 Å². The summed E-state index contributed by atoms with van der Waals surface area (Å²) in [4.78, 5) is 2.79. The number of rotatable bonds is 2. The molecule has 0 aliphatic carbocycles. The molecule has 0 radical (unpaired) electrons. The molecule has 0 saturated carbocycles. The third-order valence-corrected chi connectivity index (χ3v) is 5.23. The summed E-state index contributed by atoms with van der Waals surface area (Å²) in [7, 11) is 0. The molecule has 0 nitrogen and oxygen atoms in total. The van der Waals surface area contributed by atoms with E-state index >= 15 is 0 Å². The van der Waals surface area contributed by atoms with Gasteiger partial charge < -0.3 is 0 Å². The van der Waals surface area contributed by atoms with Crippen LogP contribution in [0.4, 0.5) is 0 Å². The minimum absolute atomic E-state index is 1.11. The summed E-state index contributed by atoms with van der Waals surface area (Å²) in [6, 6.07) is 13.5. The first kappa shape index (κ1) is 11.0. The van der Waals surface area contributed by atoms with E-state index in [2.05, 4.69) is 50.2 Å². The van der Waals surface area contributed by atoms with Gasteiger partial charge in [0.1, 0.15) is 0 Å². The predicted molar refractivity (Wildman–Crippen MR) is 79.3 cm³/mol. The second-order valence-corrected chi connectivity index (χ2v) is 6.62. The molecular formula is C15H14S2. The normalized spacial score (nSPS) is 11.2. The van der Waals surface area contributed by atoms with Crippen LogP contribution in [0, 0.1) is 6.92 Å². The molecule has 2 heteroatoms. The Morgan fingerprint density at radius 2 is 1.65 bits per heavy atom. The highest BCUT2D eigenvalue weighted by Gasteiger charge is 2.06. The molecular weight excluding hydrogens is 244 g/mol. The molecule has 2 aromatic heterocycles. The molecule has 0 amide bonds. The fourth-order valence-corrected chi connectivity index (χ4v) is 4.33. The summed E-state index contributed by atoms with van der Waals surface area (Å²) in [5.74, 6) is 0. The summed E-state index contributed by atoms with van der Waals surface area (Å²) in [5, 5.41) is 0. The lowest BCUT2D eigenvalue weighted by Crippen LogP contribution is -1.78. The largest absolute Gasteiger partial charge is 0.140 e. The highest BCUT2D eigenvalue weighted by Crippen LogP contribution is 2.37. The van der Waals surface area contributed by atoms with Gasteiger partial charge in [0, 0.05) is 19.2 Å². The Balaban J connectivity index is 2.04. The van der Waals surface area contributed by atoms with E-state index in [0.29, 0.717) is 0 Å². The van der Waals surface area contributed by atoms with Crippen LogP contribution in [0.25, 0.3) is 19.8 Å². The molecule has 0 aliphatic heterocycles. The van der Waals surface area contributed by atoms with E-state index in [1.807, 2.05) is 22.7 Å². The summed E-state index contributed by atoms with van der Waals surface area (Å²) in [6.07, 6.45) is 1.11. The van der Waals surface area contributed by atoms with Crippen molar-refractivity contribution >= 4 is 32.1 Å². The van der Waals surface area contributed by atoms with Crippen molar-refractivity contribution in [1.29, 1.82) is 0 Å². The molecule has 2 heterocycles. The predicted octanol–water partition coefficient (Wildman–Crippen LogP) is 5.50. The number of hydrogen-bond acceptors (Lipinski definition) is 2. The highest BCUT2D eigenvalue weighted by molar-refractivity contribution is 7.29. The van der Waals surface area contributed by atoms with E-state index < -0.39 is 0 Å². The number of thiophene rings is 2. The van der Waals surface area contributed by atoms with E-state index in [1.54, 1.807) is 0 Å². The maximum Gasteiger partial charge on any atom is 0.0459 e. The second kappa shape index (κ2) is 4.28. The SMILES string of the molecule is CCc1ccc(-c2cc3sc(C)cc3s2)cc1. The lowest BCUT2D eigenvalue weighted by molar-refractivity contribution is 1.14. The zero-order chi connectivity index (χ0) is 11.8. The molecule has 1 aromatic carbocycles. The fraction of sp³-hybridized carbons (Fsp3) is 0.200. The van der Waals surface area contributed by atoms with E-state index in [4.69, 9.17) is 0 Å². The minimum Gasteiger partial charge on any atom is -0.140 e. The van der Waals surface area contributed by atoms with Crippen molar-refractivity contribution in [2.45, 2.75) is 20.3 Å². The first-order chi connectivity index (χ1) is 8.26. The van der Waals surface area contributed by atoms with Crippen molar-refractivity contribution in [1.82, 2.24) is 0 Å². The zero-order valence-corrected chi connectivity index (χ0v) is 11.6. The van der Waals surface area contributed by atoms with Crippen LogP contribution in [0.2, 0.25) is 0 Å². The maximum absolute atomic E-state index is 2.32. The van der Waals surface area contributed by atoms with Gasteiger partial charge in [0.2, 0.25) is 0 Å². The average Bonchev–Trinajstić information content (AvgIpc) is 2.86. The Hall–Kier alpha value is -1.12. The molecule has 3 aromatic rings. The van der Waals surface area contributed by atoms with Gasteiger partial charge in [-0.3, -0.25) is 0 Å². The second-order valence-electron chi connectivity index (χ2n) is 4.25. The average molecular weight is 258 g/mol. The van der Waals surface area contributed by atoms with Gasteiger partial charge in [-0.15, -0.1) is 22.7 Å². The van der Waals surface area contributed by atoms with E-state index in [9.17, 15) is 0 Å². The molecule has 0 N–H and O–H groups in total.